The lowest BCUT2D eigenvalue weighted by Crippen LogP contribution is -2.18. The molecule has 3 aliphatic carbocycles. The molecular weight excluding hydrogens is 1070 g/mol. The van der Waals surface area contributed by atoms with E-state index in [1.807, 2.05) is 176 Å². The minimum absolute atomic E-state index is 0.0784. The molecule has 420 valence electrons. The first kappa shape index (κ1) is 56.4. The Labute approximate surface area is 504 Å². The largest absolute Gasteiger partial charge is 0.296 e. The van der Waals surface area contributed by atoms with Gasteiger partial charge >= 0.3 is 0 Å². The predicted octanol–water partition coefficient (Wildman–Crippen LogP) is 16.6. The Morgan fingerprint density at radius 2 is 0.598 bits per heavy atom. The topological polar surface area (TPSA) is 150 Å². The van der Waals surface area contributed by atoms with Crippen molar-refractivity contribution >= 4 is 42.1 Å². The number of pyridine rings is 5. The predicted molar refractivity (Wildman–Crippen MR) is 343 cm³/mol. The Bertz CT molecular complexity index is 4230. The van der Waals surface area contributed by atoms with Crippen LogP contribution < -0.4 is 0 Å². The van der Waals surface area contributed by atoms with Crippen molar-refractivity contribution in [1.29, 1.82) is 0 Å². The third kappa shape index (κ3) is 12.7. The van der Waals surface area contributed by atoms with Gasteiger partial charge in [0.1, 0.15) is 28.5 Å². The van der Waals surface area contributed by atoms with Gasteiger partial charge in [0.05, 0.1) is 28.5 Å². The molecule has 0 spiro atoms. The maximum Gasteiger partial charge on any atom is 0.207 e. The molecule has 0 N–H and O–H groups in total. The van der Waals surface area contributed by atoms with Crippen molar-refractivity contribution in [3.05, 3.63) is 304 Å². The number of rotatable bonds is 10. The molecule has 0 amide bonds. The molecule has 0 fully saturated rings. The van der Waals surface area contributed by atoms with Crippen LogP contribution in [0.2, 0.25) is 0 Å². The maximum absolute atomic E-state index is 14.2. The third-order valence-electron chi connectivity index (χ3n) is 15.7. The molecule has 87 heavy (non-hydrogen) atoms. The molecular formula is C77H57N5O5. The summed E-state index contributed by atoms with van der Waals surface area (Å²) >= 11 is 0. The zero-order valence-electron chi connectivity index (χ0n) is 47.6. The van der Waals surface area contributed by atoms with E-state index in [0.717, 1.165) is 96.7 Å². The highest BCUT2D eigenvalue weighted by molar-refractivity contribution is 6.14. The number of ketones is 3. The number of carbonyl (C=O) groups excluding carboxylic acids is 5. The van der Waals surface area contributed by atoms with Gasteiger partial charge in [-0.25, -0.2) is 24.9 Å². The number of hydrogen-bond acceptors (Lipinski definition) is 10. The number of carbonyl (C=O) groups is 5. The van der Waals surface area contributed by atoms with Gasteiger partial charge in [-0.3, -0.25) is 24.0 Å². The number of benzene rings is 6. The molecule has 0 unspecified atom stereocenters. The molecule has 11 aromatic rings. The van der Waals surface area contributed by atoms with Crippen LogP contribution in [0.15, 0.2) is 248 Å². The van der Waals surface area contributed by atoms with Gasteiger partial charge in [-0.05, 0) is 143 Å². The fraction of sp³-hybridized carbons (Fsp3) is 0.0909. The Morgan fingerprint density at radius 1 is 0.287 bits per heavy atom. The molecule has 5 aromatic heterocycles. The SMILES string of the molecule is O=C1/C(=C/c2cccc(/C=C3\CCc4c(-c5ccccc5)cc(-c5ccccc5)nc4C3=O)n2)CCc2c(-c3ccccc3)cc(-c3ccccc3)nc21.O=C1CCCc2c(-c3ccccc3)cc(-c3ccccc3)nc21.O=Cc1cccc(C=O)n1. The molecule has 0 atom stereocenters. The van der Waals surface area contributed by atoms with Gasteiger partial charge in [-0.15, -0.1) is 0 Å². The van der Waals surface area contributed by atoms with Crippen LogP contribution in [0.5, 0.6) is 0 Å². The van der Waals surface area contributed by atoms with Gasteiger partial charge in [0.15, 0.2) is 18.4 Å². The van der Waals surface area contributed by atoms with Crippen molar-refractivity contribution in [3.63, 3.8) is 0 Å². The quantitative estimate of drug-likeness (QED) is 0.0956. The lowest BCUT2D eigenvalue weighted by atomic mass is 9.84. The van der Waals surface area contributed by atoms with E-state index in [-0.39, 0.29) is 28.7 Å². The molecule has 5 heterocycles. The second kappa shape index (κ2) is 26.2. The Hall–Kier alpha value is -11.1. The third-order valence-corrected chi connectivity index (χ3v) is 15.7. The Morgan fingerprint density at radius 3 is 0.954 bits per heavy atom. The van der Waals surface area contributed by atoms with E-state index in [1.165, 1.54) is 0 Å². The first-order valence-electron chi connectivity index (χ1n) is 29.1. The molecule has 0 aliphatic heterocycles. The molecule has 0 saturated carbocycles. The van der Waals surface area contributed by atoms with E-state index >= 15 is 0 Å². The van der Waals surface area contributed by atoms with E-state index in [0.29, 0.717) is 84.3 Å². The van der Waals surface area contributed by atoms with Gasteiger partial charge in [0, 0.05) is 34.3 Å². The summed E-state index contributed by atoms with van der Waals surface area (Å²) in [6.45, 7) is 0. The van der Waals surface area contributed by atoms with Gasteiger partial charge in [0.2, 0.25) is 11.6 Å². The van der Waals surface area contributed by atoms with Crippen LogP contribution >= 0.6 is 0 Å². The molecule has 14 rings (SSSR count). The number of Topliss-reactive ketones (excluding diaryl/α,β-unsaturated/α-hetero) is 3. The Balaban J connectivity index is 0.000000182. The number of aromatic nitrogens is 5. The van der Waals surface area contributed by atoms with E-state index in [1.54, 1.807) is 18.2 Å². The summed E-state index contributed by atoms with van der Waals surface area (Å²) in [5.41, 5.74) is 19.9. The summed E-state index contributed by atoms with van der Waals surface area (Å²) in [5.74, 6) is 0.0110. The zero-order chi connectivity index (χ0) is 59.5. The van der Waals surface area contributed by atoms with Crippen LogP contribution in [0.25, 0.3) is 79.3 Å². The zero-order valence-corrected chi connectivity index (χ0v) is 47.6. The summed E-state index contributed by atoms with van der Waals surface area (Å²) < 4.78 is 0. The van der Waals surface area contributed by atoms with E-state index < -0.39 is 0 Å². The second-order valence-electron chi connectivity index (χ2n) is 21.3. The highest BCUT2D eigenvalue weighted by Crippen LogP contribution is 2.39. The summed E-state index contributed by atoms with van der Waals surface area (Å²) in [4.78, 5) is 84.1. The summed E-state index contributed by atoms with van der Waals surface area (Å²) in [6.07, 6.45) is 9.96. The van der Waals surface area contributed by atoms with Crippen LogP contribution in [-0.2, 0) is 19.3 Å². The number of nitrogens with zero attached hydrogens (tertiary/aromatic N) is 5. The molecule has 3 aliphatic rings. The number of aldehydes is 2. The van der Waals surface area contributed by atoms with Crippen molar-refractivity contribution in [1.82, 2.24) is 24.9 Å². The van der Waals surface area contributed by atoms with Crippen LogP contribution in [0.1, 0.15) is 106 Å². The molecule has 0 bridgehead atoms. The van der Waals surface area contributed by atoms with E-state index in [9.17, 15) is 24.0 Å². The van der Waals surface area contributed by atoms with Crippen molar-refractivity contribution in [2.45, 2.75) is 44.9 Å². The van der Waals surface area contributed by atoms with Crippen molar-refractivity contribution < 1.29 is 24.0 Å². The van der Waals surface area contributed by atoms with Gasteiger partial charge < -0.3 is 0 Å². The van der Waals surface area contributed by atoms with Crippen LogP contribution in [0.3, 0.4) is 0 Å². The average molecular weight is 1130 g/mol. The summed E-state index contributed by atoms with van der Waals surface area (Å²) in [7, 11) is 0. The van der Waals surface area contributed by atoms with Crippen molar-refractivity contribution in [3.8, 4) is 67.2 Å². The molecule has 10 heteroatoms. The average Bonchev–Trinajstić information content (AvgIpc) is 2.71. The standard InChI is InChI=1S/C49H35N3O2.C21H17NO.C7H5NO2/c53-48-36(24-26-40-42(32-14-5-1-6-15-32)30-44(51-46(40)48)34-18-9-3-10-19-34)28-38-22-13-23-39(50-38)29-37-25-27-41-43(33-16-7-2-8-17-33)31-45(52-47(41)49(37)54)35-20-11-4-12-21-35;23-20-13-7-12-17-18(15-8-3-1-4-9-15)14-19(22-21(17)20)16-10-5-2-6-11-16;9-4-6-2-1-3-7(5-10)8-6/h1-23,28-31H,24-27H2;1-6,8-11,14H,7,12-13H2;1-5H/b36-28+,37-29+;;. The first-order chi connectivity index (χ1) is 42.8. The van der Waals surface area contributed by atoms with Crippen molar-refractivity contribution in [2.75, 3.05) is 0 Å². The second-order valence-corrected chi connectivity index (χ2v) is 21.3. The fourth-order valence-electron chi connectivity index (χ4n) is 11.4. The normalized spacial score (nSPS) is 14.1. The minimum atomic E-state index is -0.0784. The van der Waals surface area contributed by atoms with Crippen LogP contribution in [0, 0.1) is 0 Å². The van der Waals surface area contributed by atoms with E-state index in [2.05, 4.69) is 59.6 Å². The number of hydrogen-bond donors (Lipinski definition) is 0. The maximum atomic E-state index is 14.2. The number of fused-ring (bicyclic) bond motifs is 3. The summed E-state index contributed by atoms with van der Waals surface area (Å²) in [5, 5.41) is 0. The fourth-order valence-corrected chi connectivity index (χ4v) is 11.4. The molecule has 10 nitrogen and oxygen atoms in total. The minimum Gasteiger partial charge on any atom is -0.296 e. The van der Waals surface area contributed by atoms with Crippen LogP contribution in [0.4, 0.5) is 0 Å². The lowest BCUT2D eigenvalue weighted by Gasteiger charge is -2.22. The number of allylic oxidation sites excluding steroid dienone is 2. The summed E-state index contributed by atoms with van der Waals surface area (Å²) in [6, 6.07) is 77.5. The van der Waals surface area contributed by atoms with Gasteiger partial charge in [0.25, 0.3) is 0 Å². The highest BCUT2D eigenvalue weighted by atomic mass is 16.1. The Kier molecular flexibility index (Phi) is 17.0. The van der Waals surface area contributed by atoms with Gasteiger partial charge in [-0.2, -0.15) is 0 Å². The molecule has 6 aromatic carbocycles. The smallest absolute Gasteiger partial charge is 0.207 e. The van der Waals surface area contributed by atoms with Gasteiger partial charge in [-0.1, -0.05) is 194 Å². The van der Waals surface area contributed by atoms with Crippen molar-refractivity contribution in [2.24, 2.45) is 0 Å². The monoisotopic (exact) mass is 1130 g/mol. The highest BCUT2D eigenvalue weighted by Gasteiger charge is 2.30. The van der Waals surface area contributed by atoms with Crippen LogP contribution in [-0.4, -0.2) is 54.8 Å². The van der Waals surface area contributed by atoms with E-state index in [4.69, 9.17) is 19.9 Å². The lowest BCUT2D eigenvalue weighted by molar-refractivity contribution is 0.0965. The molecule has 0 radical (unpaired) electrons. The first-order valence-corrected chi connectivity index (χ1v) is 29.1. The molecule has 0 saturated heterocycles.